The standard InChI is InChI=1S/C12H20N2O/c15-12(10-1-2-10)14-5-3-9(4-6-14)11-7-13-8-11/h9-11,13H,1-8H2. The number of rotatable bonds is 2. The minimum atomic E-state index is 0.409. The van der Waals surface area contributed by atoms with Gasteiger partial charge in [0.2, 0.25) is 5.91 Å². The van der Waals surface area contributed by atoms with Crippen molar-refractivity contribution in [3.05, 3.63) is 0 Å². The number of carbonyl (C=O) groups excluding carboxylic acids is 1. The zero-order chi connectivity index (χ0) is 10.3. The van der Waals surface area contributed by atoms with Crippen LogP contribution in [0, 0.1) is 17.8 Å². The Balaban J connectivity index is 1.49. The summed E-state index contributed by atoms with van der Waals surface area (Å²) in [7, 11) is 0. The molecule has 0 atom stereocenters. The van der Waals surface area contributed by atoms with E-state index in [-0.39, 0.29) is 0 Å². The summed E-state index contributed by atoms with van der Waals surface area (Å²) >= 11 is 0. The second-order valence-corrected chi connectivity index (χ2v) is 5.36. The molecule has 1 saturated carbocycles. The maximum atomic E-state index is 11.8. The Morgan fingerprint density at radius 2 is 1.67 bits per heavy atom. The van der Waals surface area contributed by atoms with Crippen LogP contribution >= 0.6 is 0 Å². The van der Waals surface area contributed by atoms with Crippen molar-refractivity contribution < 1.29 is 4.79 Å². The Kier molecular flexibility index (Phi) is 2.43. The molecule has 2 heterocycles. The zero-order valence-electron chi connectivity index (χ0n) is 9.24. The molecule has 2 saturated heterocycles. The van der Waals surface area contributed by atoms with E-state index in [0.717, 1.165) is 37.8 Å². The summed E-state index contributed by atoms with van der Waals surface area (Å²) in [5, 5.41) is 3.34. The van der Waals surface area contributed by atoms with Gasteiger partial charge in [-0.2, -0.15) is 0 Å². The van der Waals surface area contributed by atoms with E-state index in [9.17, 15) is 4.79 Å². The van der Waals surface area contributed by atoms with Gasteiger partial charge in [-0.25, -0.2) is 0 Å². The van der Waals surface area contributed by atoms with Crippen LogP contribution in [0.5, 0.6) is 0 Å². The second-order valence-electron chi connectivity index (χ2n) is 5.36. The number of hydrogen-bond acceptors (Lipinski definition) is 2. The summed E-state index contributed by atoms with van der Waals surface area (Å²) in [6.45, 7) is 4.47. The molecule has 0 spiro atoms. The fourth-order valence-corrected chi connectivity index (χ4v) is 2.82. The van der Waals surface area contributed by atoms with Crippen LogP contribution in [0.15, 0.2) is 0 Å². The van der Waals surface area contributed by atoms with Crippen LogP contribution in [0.1, 0.15) is 25.7 Å². The number of nitrogens with zero attached hydrogens (tertiary/aromatic N) is 1. The Labute approximate surface area is 91.2 Å². The third kappa shape index (κ3) is 1.89. The molecule has 3 rings (SSSR count). The molecular weight excluding hydrogens is 188 g/mol. The maximum absolute atomic E-state index is 11.8. The lowest BCUT2D eigenvalue weighted by Gasteiger charge is -2.40. The van der Waals surface area contributed by atoms with Gasteiger partial charge in [-0.15, -0.1) is 0 Å². The predicted molar refractivity (Wildman–Crippen MR) is 58.4 cm³/mol. The normalized spacial score (nSPS) is 28.9. The van der Waals surface area contributed by atoms with Crippen molar-refractivity contribution in [2.45, 2.75) is 25.7 Å². The van der Waals surface area contributed by atoms with Gasteiger partial charge in [-0.3, -0.25) is 4.79 Å². The molecule has 84 valence electrons. The molecule has 1 N–H and O–H groups in total. The average Bonchev–Trinajstić information content (AvgIpc) is 2.98. The van der Waals surface area contributed by atoms with Crippen molar-refractivity contribution in [2.75, 3.05) is 26.2 Å². The van der Waals surface area contributed by atoms with Crippen molar-refractivity contribution in [2.24, 2.45) is 17.8 Å². The average molecular weight is 208 g/mol. The van der Waals surface area contributed by atoms with Gasteiger partial charge in [-0.05, 0) is 50.6 Å². The van der Waals surface area contributed by atoms with E-state index in [4.69, 9.17) is 0 Å². The molecule has 2 aliphatic heterocycles. The molecule has 0 unspecified atom stereocenters. The quantitative estimate of drug-likeness (QED) is 0.730. The highest BCUT2D eigenvalue weighted by Gasteiger charge is 2.36. The summed E-state index contributed by atoms with van der Waals surface area (Å²) in [5.41, 5.74) is 0. The highest BCUT2D eigenvalue weighted by molar-refractivity contribution is 5.81. The number of piperidine rings is 1. The summed E-state index contributed by atoms with van der Waals surface area (Å²) in [6.07, 6.45) is 4.77. The van der Waals surface area contributed by atoms with Gasteiger partial charge in [0.1, 0.15) is 0 Å². The van der Waals surface area contributed by atoms with E-state index in [0.29, 0.717) is 11.8 Å². The number of carbonyl (C=O) groups is 1. The molecular formula is C12H20N2O. The van der Waals surface area contributed by atoms with E-state index in [1.54, 1.807) is 0 Å². The number of nitrogens with one attached hydrogen (secondary N) is 1. The van der Waals surface area contributed by atoms with E-state index < -0.39 is 0 Å². The molecule has 0 aromatic rings. The van der Waals surface area contributed by atoms with Crippen LogP contribution in [0.2, 0.25) is 0 Å². The van der Waals surface area contributed by atoms with Crippen LogP contribution in [0.3, 0.4) is 0 Å². The van der Waals surface area contributed by atoms with Crippen molar-refractivity contribution >= 4 is 5.91 Å². The van der Waals surface area contributed by atoms with Crippen molar-refractivity contribution in [3.8, 4) is 0 Å². The molecule has 0 aromatic carbocycles. The van der Waals surface area contributed by atoms with Crippen molar-refractivity contribution in [1.82, 2.24) is 10.2 Å². The minimum absolute atomic E-state index is 0.409. The first-order valence-corrected chi connectivity index (χ1v) is 6.34. The molecule has 15 heavy (non-hydrogen) atoms. The molecule has 3 nitrogen and oxygen atoms in total. The van der Waals surface area contributed by atoms with Gasteiger partial charge < -0.3 is 10.2 Å². The van der Waals surface area contributed by atoms with Crippen LogP contribution < -0.4 is 5.32 Å². The topological polar surface area (TPSA) is 32.3 Å². The molecule has 1 aliphatic carbocycles. The summed E-state index contributed by atoms with van der Waals surface area (Å²) in [5.74, 6) is 2.64. The number of likely N-dealkylation sites (tertiary alicyclic amines) is 1. The second kappa shape index (κ2) is 3.78. The first kappa shape index (κ1) is 9.64. The van der Waals surface area contributed by atoms with Crippen LogP contribution in [0.25, 0.3) is 0 Å². The lowest BCUT2D eigenvalue weighted by atomic mass is 9.81. The molecule has 3 aliphatic rings. The monoisotopic (exact) mass is 208 g/mol. The first-order chi connectivity index (χ1) is 7.34. The molecule has 0 radical (unpaired) electrons. The Morgan fingerprint density at radius 1 is 1.00 bits per heavy atom. The third-order valence-electron chi connectivity index (χ3n) is 4.26. The van der Waals surface area contributed by atoms with E-state index >= 15 is 0 Å². The largest absolute Gasteiger partial charge is 0.342 e. The van der Waals surface area contributed by atoms with E-state index in [2.05, 4.69) is 10.2 Å². The Bertz CT molecular complexity index is 250. The first-order valence-electron chi connectivity index (χ1n) is 6.34. The number of hydrogen-bond donors (Lipinski definition) is 1. The van der Waals surface area contributed by atoms with Crippen molar-refractivity contribution in [3.63, 3.8) is 0 Å². The van der Waals surface area contributed by atoms with Gasteiger partial charge in [0, 0.05) is 19.0 Å². The van der Waals surface area contributed by atoms with Gasteiger partial charge >= 0.3 is 0 Å². The smallest absolute Gasteiger partial charge is 0.225 e. The summed E-state index contributed by atoms with van der Waals surface area (Å²) in [6, 6.07) is 0. The van der Waals surface area contributed by atoms with Crippen LogP contribution in [-0.4, -0.2) is 37.0 Å². The highest BCUT2D eigenvalue weighted by atomic mass is 16.2. The fourth-order valence-electron chi connectivity index (χ4n) is 2.82. The predicted octanol–water partition coefficient (Wildman–Crippen LogP) is 0.854. The van der Waals surface area contributed by atoms with Crippen LogP contribution in [-0.2, 0) is 4.79 Å². The third-order valence-corrected chi connectivity index (χ3v) is 4.26. The Morgan fingerprint density at radius 3 is 2.13 bits per heavy atom. The lowest BCUT2D eigenvalue weighted by Crippen LogP contribution is -2.50. The molecule has 0 bridgehead atoms. The molecule has 3 heteroatoms. The summed E-state index contributed by atoms with van der Waals surface area (Å²) in [4.78, 5) is 13.9. The summed E-state index contributed by atoms with van der Waals surface area (Å²) < 4.78 is 0. The Hall–Kier alpha value is -0.570. The van der Waals surface area contributed by atoms with Gasteiger partial charge in [0.15, 0.2) is 0 Å². The highest BCUT2D eigenvalue weighted by Crippen LogP contribution is 2.34. The lowest BCUT2D eigenvalue weighted by molar-refractivity contribution is -0.134. The minimum Gasteiger partial charge on any atom is -0.342 e. The SMILES string of the molecule is O=C(C1CC1)N1CCC(C2CNC2)CC1. The van der Waals surface area contributed by atoms with Crippen molar-refractivity contribution in [1.29, 1.82) is 0 Å². The van der Waals surface area contributed by atoms with Gasteiger partial charge in [0.25, 0.3) is 0 Å². The maximum Gasteiger partial charge on any atom is 0.225 e. The van der Waals surface area contributed by atoms with Crippen LogP contribution in [0.4, 0.5) is 0 Å². The number of amides is 1. The van der Waals surface area contributed by atoms with Gasteiger partial charge in [0.05, 0.1) is 0 Å². The van der Waals surface area contributed by atoms with E-state index in [1.165, 1.54) is 25.9 Å². The fraction of sp³-hybridized carbons (Fsp3) is 0.917. The molecule has 0 aromatic heterocycles. The molecule has 1 amide bonds. The zero-order valence-corrected chi connectivity index (χ0v) is 9.24. The molecule has 3 fully saturated rings. The van der Waals surface area contributed by atoms with Gasteiger partial charge in [-0.1, -0.05) is 0 Å². The van der Waals surface area contributed by atoms with E-state index in [1.807, 2.05) is 0 Å².